The molecule has 1 aliphatic rings. The third-order valence-electron chi connectivity index (χ3n) is 3.08. The van der Waals surface area contributed by atoms with E-state index < -0.39 is 11.6 Å². The first kappa shape index (κ1) is 11.8. The van der Waals surface area contributed by atoms with Crippen molar-refractivity contribution in [2.45, 2.75) is 18.9 Å². The minimum absolute atomic E-state index is 0.00718. The van der Waals surface area contributed by atoms with Gasteiger partial charge in [0.2, 0.25) is 0 Å². The highest BCUT2D eigenvalue weighted by molar-refractivity contribution is 5.54. The summed E-state index contributed by atoms with van der Waals surface area (Å²) >= 11 is 0. The molecule has 90 valence electrons. The fraction of sp³-hybridized carbons (Fsp3) is 0.417. The molecule has 2 rings (SSSR count). The van der Waals surface area contributed by atoms with Gasteiger partial charge < -0.3 is 10.6 Å². The molecule has 0 amide bonds. The molecule has 0 aliphatic carbocycles. The Morgan fingerprint density at radius 1 is 1.41 bits per heavy atom. The molecule has 17 heavy (non-hydrogen) atoms. The Kier molecular flexibility index (Phi) is 3.25. The number of anilines is 1. The molecule has 1 unspecified atom stereocenters. The van der Waals surface area contributed by atoms with E-state index in [4.69, 9.17) is 11.0 Å². The maximum absolute atomic E-state index is 13.8. The molecule has 5 heteroatoms. The molecule has 2 N–H and O–H groups in total. The Hall–Kier alpha value is -1.67. The van der Waals surface area contributed by atoms with Crippen LogP contribution in [0, 0.1) is 23.0 Å². The van der Waals surface area contributed by atoms with Crippen LogP contribution in [0.2, 0.25) is 0 Å². The third-order valence-corrected chi connectivity index (χ3v) is 3.08. The summed E-state index contributed by atoms with van der Waals surface area (Å²) in [6, 6.07) is 3.83. The van der Waals surface area contributed by atoms with Gasteiger partial charge in [-0.2, -0.15) is 5.26 Å². The van der Waals surface area contributed by atoms with Gasteiger partial charge >= 0.3 is 0 Å². The van der Waals surface area contributed by atoms with Crippen LogP contribution in [0.15, 0.2) is 12.1 Å². The highest BCUT2D eigenvalue weighted by Crippen LogP contribution is 2.30. The molecule has 1 fully saturated rings. The quantitative estimate of drug-likeness (QED) is 0.852. The minimum atomic E-state index is -0.693. The molecule has 0 aromatic heterocycles. The summed E-state index contributed by atoms with van der Waals surface area (Å²) in [6.07, 6.45) is 1.72. The average molecular weight is 237 g/mol. The Balaban J connectivity index is 2.42. The highest BCUT2D eigenvalue weighted by Gasteiger charge is 2.28. The summed E-state index contributed by atoms with van der Waals surface area (Å²) in [4.78, 5) is 1.66. The fourth-order valence-electron chi connectivity index (χ4n) is 2.28. The SMILES string of the molecule is N#Cc1cc(F)c(N2CCCC2CN)c(F)c1. The van der Waals surface area contributed by atoms with Crippen molar-refractivity contribution in [2.75, 3.05) is 18.0 Å². The molecule has 1 aliphatic heterocycles. The van der Waals surface area contributed by atoms with Gasteiger partial charge in [-0.1, -0.05) is 0 Å². The normalized spacial score (nSPS) is 19.4. The summed E-state index contributed by atoms with van der Waals surface area (Å²) in [5.74, 6) is -1.39. The van der Waals surface area contributed by atoms with Crippen molar-refractivity contribution in [3.63, 3.8) is 0 Å². The largest absolute Gasteiger partial charge is 0.363 e. The van der Waals surface area contributed by atoms with Crippen molar-refractivity contribution < 1.29 is 8.78 Å². The first-order chi connectivity index (χ1) is 8.17. The van der Waals surface area contributed by atoms with Crippen LogP contribution in [0.1, 0.15) is 18.4 Å². The second-order valence-corrected chi connectivity index (χ2v) is 4.13. The molecule has 1 atom stereocenters. The zero-order valence-corrected chi connectivity index (χ0v) is 9.29. The van der Waals surface area contributed by atoms with Gasteiger partial charge in [0.15, 0.2) is 11.6 Å². The lowest BCUT2D eigenvalue weighted by Gasteiger charge is -2.26. The van der Waals surface area contributed by atoms with E-state index in [0.29, 0.717) is 13.1 Å². The number of rotatable bonds is 2. The average Bonchev–Trinajstić information content (AvgIpc) is 2.76. The lowest BCUT2D eigenvalue weighted by atomic mass is 10.1. The van der Waals surface area contributed by atoms with Crippen molar-refractivity contribution in [3.8, 4) is 6.07 Å². The van der Waals surface area contributed by atoms with Gasteiger partial charge in [-0.15, -0.1) is 0 Å². The first-order valence-electron chi connectivity index (χ1n) is 5.53. The van der Waals surface area contributed by atoms with E-state index in [1.165, 1.54) is 0 Å². The molecule has 0 spiro atoms. The minimum Gasteiger partial charge on any atom is -0.363 e. The Morgan fingerprint density at radius 3 is 2.59 bits per heavy atom. The third kappa shape index (κ3) is 2.08. The van der Waals surface area contributed by atoms with Crippen LogP contribution >= 0.6 is 0 Å². The first-order valence-corrected chi connectivity index (χ1v) is 5.53. The van der Waals surface area contributed by atoms with Crippen LogP contribution in [0.25, 0.3) is 0 Å². The maximum Gasteiger partial charge on any atom is 0.150 e. The molecule has 1 aromatic carbocycles. The molecule has 0 saturated carbocycles. The lowest BCUT2D eigenvalue weighted by molar-refractivity contribution is 0.561. The summed E-state index contributed by atoms with van der Waals surface area (Å²) in [5, 5.41) is 8.62. The van der Waals surface area contributed by atoms with Crippen LogP contribution < -0.4 is 10.6 Å². The van der Waals surface area contributed by atoms with Gasteiger partial charge in [0, 0.05) is 19.1 Å². The molecule has 1 heterocycles. The van der Waals surface area contributed by atoms with Gasteiger partial charge in [-0.3, -0.25) is 0 Å². The lowest BCUT2D eigenvalue weighted by Crippen LogP contribution is -2.36. The topological polar surface area (TPSA) is 53.0 Å². The number of nitrogens with zero attached hydrogens (tertiary/aromatic N) is 2. The van der Waals surface area contributed by atoms with E-state index in [-0.39, 0.29) is 17.3 Å². The predicted octanol–water partition coefficient (Wildman–Crippen LogP) is 1.76. The summed E-state index contributed by atoms with van der Waals surface area (Å²) in [6.45, 7) is 0.973. The van der Waals surface area contributed by atoms with Crippen molar-refractivity contribution in [1.82, 2.24) is 0 Å². The van der Waals surface area contributed by atoms with Crippen LogP contribution in [0.3, 0.4) is 0 Å². The van der Waals surface area contributed by atoms with Crippen LogP contribution in [0.5, 0.6) is 0 Å². The molecule has 1 aromatic rings. The standard InChI is InChI=1S/C12H13F2N3/c13-10-4-8(6-15)5-11(14)12(10)17-3-1-2-9(17)7-16/h4-5,9H,1-3,7,16H2. The van der Waals surface area contributed by atoms with Crippen LogP contribution in [-0.4, -0.2) is 19.1 Å². The van der Waals surface area contributed by atoms with Crippen molar-refractivity contribution in [3.05, 3.63) is 29.3 Å². The smallest absolute Gasteiger partial charge is 0.150 e. The number of nitrogens with two attached hydrogens (primary N) is 1. The van der Waals surface area contributed by atoms with Gasteiger partial charge in [0.25, 0.3) is 0 Å². The second kappa shape index (κ2) is 4.68. The number of nitriles is 1. The molecular formula is C12H13F2N3. The molecule has 1 saturated heterocycles. The maximum atomic E-state index is 13.8. The van der Waals surface area contributed by atoms with E-state index in [2.05, 4.69) is 0 Å². The van der Waals surface area contributed by atoms with E-state index in [9.17, 15) is 8.78 Å². The highest BCUT2D eigenvalue weighted by atomic mass is 19.1. The van der Waals surface area contributed by atoms with Gasteiger partial charge in [-0.05, 0) is 25.0 Å². The Morgan fingerprint density at radius 2 is 2.06 bits per heavy atom. The monoisotopic (exact) mass is 237 g/mol. The number of halogens is 2. The summed E-state index contributed by atoms with van der Waals surface area (Å²) in [5.41, 5.74) is 5.51. The van der Waals surface area contributed by atoms with Gasteiger partial charge in [0.05, 0.1) is 11.6 Å². The van der Waals surface area contributed by atoms with E-state index in [1.807, 2.05) is 0 Å². The van der Waals surface area contributed by atoms with Gasteiger partial charge in [-0.25, -0.2) is 8.78 Å². The summed E-state index contributed by atoms with van der Waals surface area (Å²) in [7, 11) is 0. The van der Waals surface area contributed by atoms with Gasteiger partial charge in [0.1, 0.15) is 5.69 Å². The molecular weight excluding hydrogens is 224 g/mol. The fourth-order valence-corrected chi connectivity index (χ4v) is 2.28. The van der Waals surface area contributed by atoms with E-state index in [0.717, 1.165) is 25.0 Å². The summed E-state index contributed by atoms with van der Waals surface area (Å²) < 4.78 is 27.6. The zero-order valence-electron chi connectivity index (χ0n) is 9.29. The molecule has 3 nitrogen and oxygen atoms in total. The van der Waals surface area contributed by atoms with Crippen molar-refractivity contribution in [1.29, 1.82) is 5.26 Å². The van der Waals surface area contributed by atoms with Crippen molar-refractivity contribution in [2.24, 2.45) is 5.73 Å². The Labute approximate surface area is 98.4 Å². The number of hydrogen-bond donors (Lipinski definition) is 1. The van der Waals surface area contributed by atoms with Crippen LogP contribution in [-0.2, 0) is 0 Å². The predicted molar refractivity (Wildman–Crippen MR) is 60.5 cm³/mol. The zero-order chi connectivity index (χ0) is 12.4. The van der Waals surface area contributed by atoms with E-state index in [1.54, 1.807) is 11.0 Å². The second-order valence-electron chi connectivity index (χ2n) is 4.13. The molecule has 0 bridgehead atoms. The van der Waals surface area contributed by atoms with Crippen LogP contribution in [0.4, 0.5) is 14.5 Å². The molecule has 0 radical (unpaired) electrons. The number of hydrogen-bond acceptors (Lipinski definition) is 3. The van der Waals surface area contributed by atoms with Crippen molar-refractivity contribution >= 4 is 5.69 Å². The van der Waals surface area contributed by atoms with E-state index >= 15 is 0 Å². The Bertz CT molecular complexity index is 444. The number of benzene rings is 1.